The van der Waals surface area contributed by atoms with Gasteiger partial charge in [0.25, 0.3) is 0 Å². The van der Waals surface area contributed by atoms with Crippen LogP contribution < -0.4 is 4.53 Å². The summed E-state index contributed by atoms with van der Waals surface area (Å²) in [6.07, 6.45) is 0.456. The van der Waals surface area contributed by atoms with E-state index in [1.54, 1.807) is 0 Å². The standard InChI is InChI=1S/C8H5ClF2N2O2/c9-13(12-4-8(14)15)7-3-5(10)1-2-6(7)11/h1-4H,(H,14,15). The van der Waals surface area contributed by atoms with Gasteiger partial charge in [-0.1, -0.05) is 0 Å². The third-order valence-corrected chi connectivity index (χ3v) is 1.65. The summed E-state index contributed by atoms with van der Waals surface area (Å²) in [5.41, 5.74) is -0.367. The molecule has 0 heterocycles. The quantitative estimate of drug-likeness (QED) is 0.494. The van der Waals surface area contributed by atoms with Crippen molar-refractivity contribution in [1.82, 2.24) is 0 Å². The van der Waals surface area contributed by atoms with Crippen molar-refractivity contribution in [2.75, 3.05) is 4.53 Å². The summed E-state index contributed by atoms with van der Waals surface area (Å²) in [6, 6.07) is 2.56. The van der Waals surface area contributed by atoms with Crippen LogP contribution in [0.25, 0.3) is 0 Å². The van der Waals surface area contributed by atoms with Crippen LogP contribution in [0.2, 0.25) is 0 Å². The fourth-order valence-corrected chi connectivity index (χ4v) is 0.963. The van der Waals surface area contributed by atoms with Crippen LogP contribution in [0.5, 0.6) is 0 Å². The van der Waals surface area contributed by atoms with Crippen LogP contribution in [0, 0.1) is 11.6 Å². The Hall–Kier alpha value is -1.69. The number of benzene rings is 1. The van der Waals surface area contributed by atoms with Gasteiger partial charge in [0, 0.05) is 17.8 Å². The van der Waals surface area contributed by atoms with E-state index in [0.29, 0.717) is 10.7 Å². The van der Waals surface area contributed by atoms with Crippen LogP contribution in [0.1, 0.15) is 0 Å². The van der Waals surface area contributed by atoms with E-state index in [0.717, 1.165) is 18.2 Å². The normalized spacial score (nSPS) is 10.6. The molecule has 0 saturated heterocycles. The fraction of sp³-hybridized carbons (Fsp3) is 0. The van der Waals surface area contributed by atoms with Crippen LogP contribution in [0.15, 0.2) is 23.3 Å². The predicted octanol–water partition coefficient (Wildman–Crippen LogP) is 2.00. The minimum Gasteiger partial charge on any atom is -0.477 e. The summed E-state index contributed by atoms with van der Waals surface area (Å²) in [7, 11) is 0. The number of rotatable bonds is 3. The second-order valence-corrected chi connectivity index (χ2v) is 2.76. The van der Waals surface area contributed by atoms with Gasteiger partial charge in [0.15, 0.2) is 0 Å². The minimum atomic E-state index is -1.35. The molecule has 1 rings (SSSR count). The second-order valence-electron chi connectivity index (χ2n) is 2.44. The number of carboxylic acid groups (broad SMARTS) is 1. The van der Waals surface area contributed by atoms with Crippen molar-refractivity contribution in [3.05, 3.63) is 29.8 Å². The van der Waals surface area contributed by atoms with Crippen molar-refractivity contribution < 1.29 is 18.7 Å². The molecule has 15 heavy (non-hydrogen) atoms. The first-order valence-corrected chi connectivity index (χ1v) is 4.02. The number of carbonyl (C=O) groups is 1. The van der Waals surface area contributed by atoms with E-state index in [9.17, 15) is 13.6 Å². The van der Waals surface area contributed by atoms with E-state index in [2.05, 4.69) is 5.10 Å². The number of anilines is 1. The van der Waals surface area contributed by atoms with Crippen molar-refractivity contribution in [1.29, 1.82) is 0 Å². The lowest BCUT2D eigenvalue weighted by Crippen LogP contribution is -2.07. The number of nitrogens with zero attached hydrogens (tertiary/aromatic N) is 2. The summed E-state index contributed by atoms with van der Waals surface area (Å²) >= 11 is 5.39. The first kappa shape index (κ1) is 11.4. The minimum absolute atomic E-state index is 0.367. The Bertz CT molecular complexity index is 412. The van der Waals surface area contributed by atoms with Gasteiger partial charge >= 0.3 is 5.97 Å². The summed E-state index contributed by atoms with van der Waals surface area (Å²) in [5, 5.41) is 11.4. The maximum atomic E-state index is 13.0. The van der Waals surface area contributed by atoms with E-state index in [1.165, 1.54) is 0 Å². The van der Waals surface area contributed by atoms with Gasteiger partial charge in [-0.2, -0.15) is 9.63 Å². The number of hydrogen-bond donors (Lipinski definition) is 1. The Kier molecular flexibility index (Phi) is 3.56. The summed E-state index contributed by atoms with van der Waals surface area (Å²) in [5.74, 6) is -2.87. The highest BCUT2D eigenvalue weighted by molar-refractivity contribution is 6.28. The van der Waals surface area contributed by atoms with Crippen LogP contribution in [0.4, 0.5) is 14.5 Å². The molecular formula is C8H5ClF2N2O2. The van der Waals surface area contributed by atoms with Crippen LogP contribution in [-0.4, -0.2) is 17.3 Å². The summed E-state index contributed by atoms with van der Waals surface area (Å²) in [6.45, 7) is 0. The molecule has 0 amide bonds. The Morgan fingerprint density at radius 3 is 2.80 bits per heavy atom. The zero-order chi connectivity index (χ0) is 11.4. The number of aliphatic carboxylic acids is 1. The monoisotopic (exact) mass is 234 g/mol. The van der Waals surface area contributed by atoms with E-state index in [1.807, 2.05) is 0 Å². The van der Waals surface area contributed by atoms with E-state index >= 15 is 0 Å². The molecule has 80 valence electrons. The topological polar surface area (TPSA) is 52.9 Å². The first-order chi connectivity index (χ1) is 7.00. The molecule has 0 saturated carbocycles. The molecule has 0 aliphatic carbocycles. The van der Waals surface area contributed by atoms with Gasteiger partial charge in [-0.15, -0.1) is 0 Å². The smallest absolute Gasteiger partial charge is 0.348 e. The third-order valence-electron chi connectivity index (χ3n) is 1.38. The number of hydrogen-bond acceptors (Lipinski definition) is 3. The maximum absolute atomic E-state index is 13.0. The molecule has 7 heteroatoms. The molecule has 0 atom stereocenters. The van der Waals surface area contributed by atoms with Gasteiger partial charge < -0.3 is 5.11 Å². The molecule has 0 bridgehead atoms. The van der Waals surface area contributed by atoms with Gasteiger partial charge in [0.2, 0.25) is 0 Å². The predicted molar refractivity (Wildman–Crippen MR) is 50.8 cm³/mol. The Balaban J connectivity index is 2.95. The average molecular weight is 235 g/mol. The lowest BCUT2D eigenvalue weighted by atomic mass is 10.3. The maximum Gasteiger partial charge on any atom is 0.348 e. The Morgan fingerprint density at radius 1 is 1.53 bits per heavy atom. The Labute approximate surface area is 88.5 Å². The largest absolute Gasteiger partial charge is 0.477 e. The van der Waals surface area contributed by atoms with E-state index < -0.39 is 17.6 Å². The number of carboxylic acids is 1. The SMILES string of the molecule is O=C(O)C=NN(Cl)c1cc(F)ccc1F. The lowest BCUT2D eigenvalue weighted by Gasteiger charge is -2.09. The van der Waals surface area contributed by atoms with Crippen molar-refractivity contribution in [3.8, 4) is 0 Å². The fourth-order valence-electron chi connectivity index (χ4n) is 0.789. The molecule has 4 nitrogen and oxygen atoms in total. The first-order valence-electron chi connectivity index (χ1n) is 3.68. The zero-order valence-corrected chi connectivity index (χ0v) is 7.95. The Morgan fingerprint density at radius 2 is 2.20 bits per heavy atom. The molecule has 1 N–H and O–H groups in total. The van der Waals surface area contributed by atoms with Gasteiger partial charge in [-0.3, -0.25) is 0 Å². The van der Waals surface area contributed by atoms with Gasteiger partial charge in [-0.05, 0) is 12.1 Å². The van der Waals surface area contributed by atoms with Crippen LogP contribution in [0.3, 0.4) is 0 Å². The van der Waals surface area contributed by atoms with Crippen molar-refractivity contribution in [3.63, 3.8) is 0 Å². The highest BCUT2D eigenvalue weighted by Gasteiger charge is 2.09. The molecule has 0 radical (unpaired) electrons. The van der Waals surface area contributed by atoms with Crippen LogP contribution in [-0.2, 0) is 4.79 Å². The van der Waals surface area contributed by atoms with Crippen molar-refractivity contribution >= 4 is 29.6 Å². The molecule has 0 aromatic heterocycles. The summed E-state index contributed by atoms with van der Waals surface area (Å²) < 4.78 is 26.1. The van der Waals surface area contributed by atoms with Gasteiger partial charge in [-0.25, -0.2) is 13.6 Å². The molecule has 0 fully saturated rings. The number of hydrazone groups is 1. The molecule has 0 aliphatic rings. The highest BCUT2D eigenvalue weighted by Crippen LogP contribution is 2.22. The molecule has 0 unspecified atom stereocenters. The van der Waals surface area contributed by atoms with Crippen molar-refractivity contribution in [2.24, 2.45) is 5.10 Å². The average Bonchev–Trinajstić information content (AvgIpc) is 2.18. The summed E-state index contributed by atoms with van der Waals surface area (Å²) in [4.78, 5) is 10.1. The number of halogens is 3. The molecule has 0 spiro atoms. The van der Waals surface area contributed by atoms with Gasteiger partial charge in [0.1, 0.15) is 23.5 Å². The molecule has 1 aromatic rings. The highest BCUT2D eigenvalue weighted by atomic mass is 35.5. The van der Waals surface area contributed by atoms with Gasteiger partial charge in [0.05, 0.1) is 0 Å². The molecule has 1 aromatic carbocycles. The second kappa shape index (κ2) is 4.70. The third kappa shape index (κ3) is 3.17. The van der Waals surface area contributed by atoms with E-state index in [-0.39, 0.29) is 5.69 Å². The van der Waals surface area contributed by atoms with Crippen LogP contribution >= 0.6 is 11.8 Å². The molecule has 0 aliphatic heterocycles. The zero-order valence-electron chi connectivity index (χ0n) is 7.19. The lowest BCUT2D eigenvalue weighted by molar-refractivity contribution is -0.128. The molecular weight excluding hydrogens is 230 g/mol. The van der Waals surface area contributed by atoms with E-state index in [4.69, 9.17) is 16.9 Å². The van der Waals surface area contributed by atoms with Crippen molar-refractivity contribution in [2.45, 2.75) is 0 Å².